The highest BCUT2D eigenvalue weighted by Crippen LogP contribution is 2.22. The minimum Gasteiger partial charge on any atom is -0.464 e. The molecule has 0 aliphatic rings. The molecule has 0 atom stereocenters. The number of aromatic nitrogens is 2. The van der Waals surface area contributed by atoms with Crippen molar-refractivity contribution in [3.8, 4) is 0 Å². The lowest BCUT2D eigenvalue weighted by Gasteiger charge is -2.11. The maximum Gasteiger partial charge on any atom is 0.357 e. The number of ether oxygens (including phenoxy) is 2. The number of nitrogens with two attached hydrogens (primary N) is 1. The van der Waals surface area contributed by atoms with Crippen LogP contribution in [0.5, 0.6) is 0 Å². The predicted octanol–water partition coefficient (Wildman–Crippen LogP) is 0.771. The molecular formula is C15H12N4O7. The second-order valence-electron chi connectivity index (χ2n) is 4.77. The van der Waals surface area contributed by atoms with Gasteiger partial charge in [0.05, 0.1) is 24.7 Å². The zero-order valence-electron chi connectivity index (χ0n) is 13.6. The van der Waals surface area contributed by atoms with Gasteiger partial charge < -0.3 is 15.2 Å². The maximum absolute atomic E-state index is 12.9. The fourth-order valence-electron chi connectivity index (χ4n) is 2.09. The highest BCUT2D eigenvalue weighted by molar-refractivity contribution is 6.18. The molecule has 2 aromatic rings. The molecule has 0 amide bonds. The van der Waals surface area contributed by atoms with E-state index in [4.69, 9.17) is 5.73 Å². The molecule has 0 saturated heterocycles. The van der Waals surface area contributed by atoms with Gasteiger partial charge in [-0.1, -0.05) is 12.1 Å². The Morgan fingerprint density at radius 3 is 2.08 bits per heavy atom. The van der Waals surface area contributed by atoms with E-state index >= 15 is 0 Å². The lowest BCUT2D eigenvalue weighted by Crippen LogP contribution is -2.22. The number of carbonyl (C=O) groups is 3. The van der Waals surface area contributed by atoms with Gasteiger partial charge in [0.15, 0.2) is 17.2 Å². The average molecular weight is 360 g/mol. The monoisotopic (exact) mass is 360 g/mol. The lowest BCUT2D eigenvalue weighted by atomic mass is 9.99. The first-order valence-corrected chi connectivity index (χ1v) is 6.93. The number of methoxy groups -OCH3 is 2. The largest absolute Gasteiger partial charge is 0.464 e. The van der Waals surface area contributed by atoms with Crippen LogP contribution in [0, 0.1) is 10.1 Å². The number of anilines is 1. The van der Waals surface area contributed by atoms with Gasteiger partial charge in [-0.3, -0.25) is 14.9 Å². The summed E-state index contributed by atoms with van der Waals surface area (Å²) in [6.07, 6.45) is 0. The van der Waals surface area contributed by atoms with Gasteiger partial charge in [-0.05, 0) is 0 Å². The second kappa shape index (κ2) is 7.34. The van der Waals surface area contributed by atoms with Gasteiger partial charge in [0.25, 0.3) is 5.69 Å². The van der Waals surface area contributed by atoms with Gasteiger partial charge in [-0.2, -0.15) is 0 Å². The van der Waals surface area contributed by atoms with Crippen molar-refractivity contribution in [1.29, 1.82) is 0 Å². The van der Waals surface area contributed by atoms with Crippen LogP contribution in [0.3, 0.4) is 0 Å². The smallest absolute Gasteiger partial charge is 0.357 e. The fraction of sp³-hybridized carbons (Fsp3) is 0.133. The number of esters is 2. The maximum atomic E-state index is 12.9. The summed E-state index contributed by atoms with van der Waals surface area (Å²) in [5.74, 6) is -3.45. The van der Waals surface area contributed by atoms with E-state index in [-0.39, 0.29) is 11.3 Å². The molecule has 0 unspecified atom stereocenters. The first-order chi connectivity index (χ1) is 12.3. The molecule has 0 saturated carbocycles. The molecule has 134 valence electrons. The second-order valence-corrected chi connectivity index (χ2v) is 4.77. The number of hydrogen-bond donors (Lipinski definition) is 1. The van der Waals surface area contributed by atoms with Crippen molar-refractivity contribution in [2.24, 2.45) is 0 Å². The summed E-state index contributed by atoms with van der Waals surface area (Å²) in [4.78, 5) is 54.3. The number of rotatable bonds is 5. The van der Waals surface area contributed by atoms with Crippen LogP contribution in [0.1, 0.15) is 36.9 Å². The molecule has 11 heteroatoms. The number of ketones is 1. The third-order valence-electron chi connectivity index (χ3n) is 3.23. The number of nitrogens with zero attached hydrogens (tertiary/aromatic N) is 3. The lowest BCUT2D eigenvalue weighted by molar-refractivity contribution is -0.384. The fourth-order valence-corrected chi connectivity index (χ4v) is 2.09. The molecule has 1 heterocycles. The molecule has 11 nitrogen and oxygen atoms in total. The summed E-state index contributed by atoms with van der Waals surface area (Å²) in [7, 11) is 2.08. The number of non-ortho nitro benzene ring substituents is 1. The van der Waals surface area contributed by atoms with Gasteiger partial charge >= 0.3 is 11.9 Å². The molecule has 0 aliphatic heterocycles. The van der Waals surface area contributed by atoms with E-state index in [1.54, 1.807) is 0 Å². The van der Waals surface area contributed by atoms with Crippen LogP contribution in [0.15, 0.2) is 24.3 Å². The minimum absolute atomic E-state index is 0.164. The number of benzene rings is 1. The molecule has 0 aliphatic carbocycles. The molecule has 0 radical (unpaired) electrons. The summed E-state index contributed by atoms with van der Waals surface area (Å²) in [6, 6.07) is 4.71. The van der Waals surface area contributed by atoms with Crippen molar-refractivity contribution in [1.82, 2.24) is 9.97 Å². The molecular weight excluding hydrogens is 348 g/mol. The SMILES string of the molecule is COC(=O)c1nc(N)nc(C(=O)OC)c1C(=O)c1cccc([N+](=O)[O-])c1. The van der Waals surface area contributed by atoms with Crippen LogP contribution in [0.25, 0.3) is 0 Å². The summed E-state index contributed by atoms with van der Waals surface area (Å²) in [6.45, 7) is 0. The molecule has 0 spiro atoms. The summed E-state index contributed by atoms with van der Waals surface area (Å²) >= 11 is 0. The molecule has 1 aromatic heterocycles. The Labute approximate surface area is 145 Å². The Balaban J connectivity index is 2.75. The van der Waals surface area contributed by atoms with E-state index in [1.165, 1.54) is 18.2 Å². The quantitative estimate of drug-likeness (QED) is 0.348. The molecule has 1 aromatic carbocycles. The third kappa shape index (κ3) is 3.45. The molecule has 0 fully saturated rings. The topological polar surface area (TPSA) is 165 Å². The summed E-state index contributed by atoms with van der Waals surface area (Å²) in [5, 5.41) is 10.9. The van der Waals surface area contributed by atoms with Crippen LogP contribution in [-0.2, 0) is 9.47 Å². The van der Waals surface area contributed by atoms with Gasteiger partial charge in [0.2, 0.25) is 5.95 Å². The molecule has 2 N–H and O–H groups in total. The number of nitro groups is 1. The third-order valence-corrected chi connectivity index (χ3v) is 3.23. The van der Waals surface area contributed by atoms with E-state index in [0.717, 1.165) is 20.3 Å². The number of nitrogen functional groups attached to an aromatic ring is 1. The normalized spacial score (nSPS) is 10.1. The number of hydrogen-bond acceptors (Lipinski definition) is 10. The van der Waals surface area contributed by atoms with Crippen molar-refractivity contribution in [3.05, 3.63) is 56.9 Å². The number of nitro benzene ring substituents is 1. The van der Waals surface area contributed by atoms with Crippen LogP contribution in [-0.4, -0.2) is 46.8 Å². The molecule has 0 bridgehead atoms. The van der Waals surface area contributed by atoms with Crippen molar-refractivity contribution < 1.29 is 28.8 Å². The Hall–Kier alpha value is -3.89. The van der Waals surface area contributed by atoms with Crippen molar-refractivity contribution in [2.75, 3.05) is 20.0 Å². The summed E-state index contributed by atoms with van der Waals surface area (Å²) in [5.41, 5.74) is 3.31. The van der Waals surface area contributed by atoms with Crippen molar-refractivity contribution in [3.63, 3.8) is 0 Å². The molecule has 2 rings (SSSR count). The zero-order chi connectivity index (χ0) is 19.4. The Bertz CT molecular complexity index is 889. The van der Waals surface area contributed by atoms with E-state index in [1.807, 2.05) is 0 Å². The van der Waals surface area contributed by atoms with E-state index in [9.17, 15) is 24.5 Å². The Morgan fingerprint density at radius 2 is 1.62 bits per heavy atom. The van der Waals surface area contributed by atoms with Crippen LogP contribution in [0.2, 0.25) is 0 Å². The Kier molecular flexibility index (Phi) is 5.21. The first kappa shape index (κ1) is 18.4. The van der Waals surface area contributed by atoms with Crippen LogP contribution in [0.4, 0.5) is 11.6 Å². The molecule has 26 heavy (non-hydrogen) atoms. The van der Waals surface area contributed by atoms with Gasteiger partial charge in [-0.25, -0.2) is 19.6 Å². The highest BCUT2D eigenvalue weighted by atomic mass is 16.6. The van der Waals surface area contributed by atoms with Crippen LogP contribution >= 0.6 is 0 Å². The predicted molar refractivity (Wildman–Crippen MR) is 85.7 cm³/mol. The van der Waals surface area contributed by atoms with Crippen molar-refractivity contribution in [2.45, 2.75) is 0 Å². The van der Waals surface area contributed by atoms with Crippen molar-refractivity contribution >= 4 is 29.4 Å². The van der Waals surface area contributed by atoms with Crippen LogP contribution < -0.4 is 5.73 Å². The number of carbonyl (C=O) groups excluding carboxylic acids is 3. The van der Waals surface area contributed by atoms with Gasteiger partial charge in [0, 0.05) is 17.7 Å². The average Bonchev–Trinajstić information content (AvgIpc) is 2.65. The van der Waals surface area contributed by atoms with Gasteiger partial charge in [-0.15, -0.1) is 0 Å². The van der Waals surface area contributed by atoms with Gasteiger partial charge in [0.1, 0.15) is 0 Å². The highest BCUT2D eigenvalue weighted by Gasteiger charge is 2.30. The minimum atomic E-state index is -1.04. The standard InChI is InChI=1S/C15H12N4O7/c1-25-13(21)10-9(11(14(22)26-2)18-15(16)17-10)12(20)7-4-3-5-8(6-7)19(23)24/h3-6H,1-2H3,(H2,16,17,18). The van der Waals surface area contributed by atoms with E-state index in [2.05, 4.69) is 19.4 Å². The van der Waals surface area contributed by atoms with E-state index in [0.29, 0.717) is 0 Å². The zero-order valence-corrected chi connectivity index (χ0v) is 13.6. The summed E-state index contributed by atoms with van der Waals surface area (Å²) < 4.78 is 9.10. The first-order valence-electron chi connectivity index (χ1n) is 6.93. The van der Waals surface area contributed by atoms with E-state index < -0.39 is 45.5 Å². The Morgan fingerprint density at radius 1 is 1.08 bits per heavy atom.